The normalized spacial score (nSPS) is 13.2. The first-order valence-electron chi connectivity index (χ1n) is 3.81. The van der Waals surface area contributed by atoms with Gasteiger partial charge in [0.25, 0.3) is 0 Å². The zero-order valence-electron chi connectivity index (χ0n) is 8.15. The van der Waals surface area contributed by atoms with Gasteiger partial charge in [0.1, 0.15) is 0 Å². The SMILES string of the molecule is C=CC(=O)OC(CC)(S(=O)(=O)O)S(=O)(=O)O. The van der Waals surface area contributed by atoms with Crippen molar-refractivity contribution in [2.75, 3.05) is 0 Å². The van der Waals surface area contributed by atoms with Crippen LogP contribution in [0.2, 0.25) is 0 Å². The van der Waals surface area contributed by atoms with E-state index in [0.29, 0.717) is 6.08 Å². The van der Waals surface area contributed by atoms with Gasteiger partial charge in [-0.25, -0.2) is 4.79 Å². The second-order valence-electron chi connectivity index (χ2n) is 2.61. The zero-order valence-corrected chi connectivity index (χ0v) is 9.78. The Morgan fingerprint density at radius 1 is 1.31 bits per heavy atom. The Kier molecular flexibility index (Phi) is 4.22. The third-order valence-electron chi connectivity index (χ3n) is 1.64. The van der Waals surface area contributed by atoms with Crippen molar-refractivity contribution in [2.24, 2.45) is 0 Å². The molecule has 0 aliphatic rings. The van der Waals surface area contributed by atoms with Gasteiger partial charge in [-0.15, -0.1) is 0 Å². The number of ether oxygens (including phenoxy) is 1. The molecule has 0 bridgehead atoms. The average Bonchev–Trinajstić information content (AvgIpc) is 2.09. The first-order valence-corrected chi connectivity index (χ1v) is 6.69. The Morgan fingerprint density at radius 3 is 1.88 bits per heavy atom. The molecule has 0 saturated carbocycles. The minimum atomic E-state index is -5.37. The number of hydrogen-bond donors (Lipinski definition) is 2. The second-order valence-corrected chi connectivity index (χ2v) is 6.09. The highest BCUT2D eigenvalue weighted by molar-refractivity contribution is 8.05. The number of carbonyl (C=O) groups is 1. The molecular formula is C6H10O8S2. The molecule has 0 aliphatic heterocycles. The van der Waals surface area contributed by atoms with Crippen LogP contribution in [0.25, 0.3) is 0 Å². The van der Waals surface area contributed by atoms with E-state index >= 15 is 0 Å². The summed E-state index contributed by atoms with van der Waals surface area (Å²) in [7, 11) is -10.7. The Bertz CT molecular complexity index is 453. The van der Waals surface area contributed by atoms with Gasteiger partial charge in [0.2, 0.25) is 0 Å². The third kappa shape index (κ3) is 2.58. The van der Waals surface area contributed by atoms with Crippen molar-refractivity contribution >= 4 is 26.2 Å². The lowest BCUT2D eigenvalue weighted by Gasteiger charge is -2.24. The van der Waals surface area contributed by atoms with Crippen LogP contribution in [-0.2, 0) is 29.8 Å². The van der Waals surface area contributed by atoms with Crippen molar-refractivity contribution in [1.29, 1.82) is 0 Å². The van der Waals surface area contributed by atoms with E-state index in [9.17, 15) is 21.6 Å². The molecule has 0 aromatic rings. The molecule has 0 fully saturated rings. The van der Waals surface area contributed by atoms with E-state index in [1.807, 2.05) is 0 Å². The minimum absolute atomic E-state index is 0.487. The molecule has 8 nitrogen and oxygen atoms in total. The van der Waals surface area contributed by atoms with Gasteiger partial charge < -0.3 is 4.74 Å². The molecule has 0 rings (SSSR count). The van der Waals surface area contributed by atoms with E-state index in [4.69, 9.17) is 9.11 Å². The van der Waals surface area contributed by atoms with Gasteiger partial charge in [-0.2, -0.15) is 16.8 Å². The molecule has 0 radical (unpaired) electrons. The Hall–Kier alpha value is -0.970. The summed E-state index contributed by atoms with van der Waals surface area (Å²) in [5.41, 5.74) is 0. The lowest BCUT2D eigenvalue weighted by atomic mass is 10.5. The summed E-state index contributed by atoms with van der Waals surface area (Å²) in [6.07, 6.45) is -0.398. The van der Waals surface area contributed by atoms with Crippen LogP contribution in [0.5, 0.6) is 0 Å². The molecule has 0 spiro atoms. The molecule has 0 aromatic heterocycles. The lowest BCUT2D eigenvalue weighted by molar-refractivity contribution is -0.142. The zero-order chi connectivity index (χ0) is 13.2. The molecule has 94 valence electrons. The monoisotopic (exact) mass is 274 g/mol. The molecule has 0 amide bonds. The predicted molar refractivity (Wildman–Crippen MR) is 52.4 cm³/mol. The summed E-state index contributed by atoms with van der Waals surface area (Å²) >= 11 is 0. The van der Waals surface area contributed by atoms with Gasteiger partial charge in [-0.1, -0.05) is 13.5 Å². The van der Waals surface area contributed by atoms with Crippen molar-refractivity contribution in [3.05, 3.63) is 12.7 Å². The molecule has 0 atom stereocenters. The summed E-state index contributed by atoms with van der Waals surface area (Å²) in [6, 6.07) is 0. The molecule has 0 saturated heterocycles. The largest absolute Gasteiger partial charge is 0.420 e. The Labute approximate surface area is 92.4 Å². The Balaban J connectivity index is 5.89. The minimum Gasteiger partial charge on any atom is -0.420 e. The number of carbonyl (C=O) groups excluding carboxylic acids is 1. The van der Waals surface area contributed by atoms with E-state index in [1.54, 1.807) is 0 Å². The van der Waals surface area contributed by atoms with E-state index in [2.05, 4.69) is 11.3 Å². The highest BCUT2D eigenvalue weighted by Crippen LogP contribution is 2.29. The highest BCUT2D eigenvalue weighted by Gasteiger charge is 2.57. The molecule has 0 unspecified atom stereocenters. The fourth-order valence-electron chi connectivity index (χ4n) is 0.870. The maximum atomic E-state index is 10.9. The van der Waals surface area contributed by atoms with Gasteiger partial charge in [-0.05, 0) is 0 Å². The second kappa shape index (κ2) is 4.49. The van der Waals surface area contributed by atoms with Crippen LogP contribution in [0.1, 0.15) is 13.3 Å². The maximum absolute atomic E-state index is 10.9. The van der Waals surface area contributed by atoms with Crippen LogP contribution < -0.4 is 0 Å². The summed E-state index contributed by atoms with van der Waals surface area (Å²) in [5.74, 6) is -1.42. The van der Waals surface area contributed by atoms with E-state index in [-0.39, 0.29) is 0 Å². The topological polar surface area (TPSA) is 135 Å². The van der Waals surface area contributed by atoms with Crippen LogP contribution in [-0.4, -0.2) is 36.2 Å². The summed E-state index contributed by atoms with van der Waals surface area (Å²) in [6.45, 7) is 3.90. The van der Waals surface area contributed by atoms with Crippen molar-refractivity contribution in [1.82, 2.24) is 0 Å². The lowest BCUT2D eigenvalue weighted by Crippen LogP contribution is -2.49. The molecule has 2 N–H and O–H groups in total. The fourth-order valence-corrected chi connectivity index (χ4v) is 3.04. The van der Waals surface area contributed by atoms with E-state index < -0.39 is 36.9 Å². The molecule has 10 heteroatoms. The van der Waals surface area contributed by atoms with Gasteiger partial charge >= 0.3 is 30.5 Å². The Morgan fingerprint density at radius 2 is 1.69 bits per heavy atom. The van der Waals surface area contributed by atoms with Crippen LogP contribution >= 0.6 is 0 Å². The third-order valence-corrected chi connectivity index (χ3v) is 5.22. The summed E-state index contributed by atoms with van der Waals surface area (Å²) in [4.78, 5) is 10.8. The quantitative estimate of drug-likeness (QED) is 0.391. The molecular weight excluding hydrogens is 264 g/mol. The smallest absolute Gasteiger partial charge is 0.360 e. The van der Waals surface area contributed by atoms with Gasteiger partial charge in [0, 0.05) is 12.5 Å². The van der Waals surface area contributed by atoms with E-state index in [1.165, 1.54) is 0 Å². The number of hydrogen-bond acceptors (Lipinski definition) is 6. The van der Waals surface area contributed by atoms with Crippen molar-refractivity contribution in [2.45, 2.75) is 17.6 Å². The number of esters is 1. The molecule has 0 heterocycles. The standard InChI is InChI=1S/C6H10O8S2/c1-3-5(7)14-6(4-2,15(8,9)10)16(11,12)13/h3H,1,4H2,2H3,(H,8,9,10)(H,11,12,13). The van der Waals surface area contributed by atoms with Crippen molar-refractivity contribution in [3.63, 3.8) is 0 Å². The van der Waals surface area contributed by atoms with Crippen molar-refractivity contribution < 1.29 is 35.5 Å². The van der Waals surface area contributed by atoms with Gasteiger partial charge in [-0.3, -0.25) is 9.11 Å². The molecule has 0 aromatic carbocycles. The highest BCUT2D eigenvalue weighted by atomic mass is 32.3. The summed E-state index contributed by atoms with van der Waals surface area (Å²) < 4.78 is 61.6. The number of rotatable bonds is 5. The van der Waals surface area contributed by atoms with Crippen LogP contribution in [0.15, 0.2) is 12.7 Å². The van der Waals surface area contributed by atoms with Crippen LogP contribution in [0.4, 0.5) is 0 Å². The molecule has 16 heavy (non-hydrogen) atoms. The first kappa shape index (κ1) is 15.0. The fraction of sp³-hybridized carbons (Fsp3) is 0.500. The molecule has 0 aliphatic carbocycles. The van der Waals surface area contributed by atoms with Gasteiger partial charge in [0.15, 0.2) is 0 Å². The van der Waals surface area contributed by atoms with Crippen molar-refractivity contribution in [3.8, 4) is 0 Å². The first-order chi connectivity index (χ1) is 7.02. The van der Waals surface area contributed by atoms with E-state index in [0.717, 1.165) is 6.92 Å². The van der Waals surface area contributed by atoms with Gasteiger partial charge in [0.05, 0.1) is 0 Å². The summed E-state index contributed by atoms with van der Waals surface area (Å²) in [5, 5.41) is 0. The predicted octanol–water partition coefficient (Wildman–Crippen LogP) is -0.445. The maximum Gasteiger partial charge on any atom is 0.360 e. The average molecular weight is 274 g/mol. The van der Waals surface area contributed by atoms with Crippen LogP contribution in [0, 0.1) is 0 Å². The van der Waals surface area contributed by atoms with Crippen LogP contribution in [0.3, 0.4) is 0 Å².